The Balaban J connectivity index is 1.28. The Bertz CT molecular complexity index is 1040. The largest absolute Gasteiger partial charge is 0.449 e. The van der Waals surface area contributed by atoms with E-state index in [9.17, 15) is 4.79 Å². The van der Waals surface area contributed by atoms with Gasteiger partial charge in [-0.3, -0.25) is 14.3 Å². The number of fused-ring (bicyclic) bond motifs is 1. The number of piperazine rings is 1. The highest BCUT2D eigenvalue weighted by atomic mass is 16.3. The maximum Gasteiger partial charge on any atom is 0.261 e. The maximum absolute atomic E-state index is 12.7. The van der Waals surface area contributed by atoms with Crippen LogP contribution in [0.15, 0.2) is 40.0 Å². The van der Waals surface area contributed by atoms with Crippen molar-refractivity contribution in [3.05, 3.63) is 52.7 Å². The molecule has 28 heavy (non-hydrogen) atoms. The molecule has 2 aromatic heterocycles. The summed E-state index contributed by atoms with van der Waals surface area (Å²) in [5.41, 5.74) is 2.99. The first-order valence-corrected chi connectivity index (χ1v) is 10.0. The van der Waals surface area contributed by atoms with E-state index in [1.54, 1.807) is 17.2 Å². The van der Waals surface area contributed by atoms with E-state index in [0.717, 1.165) is 56.2 Å². The van der Waals surface area contributed by atoms with E-state index in [2.05, 4.69) is 31.9 Å². The summed E-state index contributed by atoms with van der Waals surface area (Å²) in [7, 11) is 0. The molecule has 0 atom stereocenters. The molecule has 2 aliphatic rings. The Hall–Kier alpha value is -2.67. The Kier molecular flexibility index (Phi) is 4.39. The van der Waals surface area contributed by atoms with Crippen molar-refractivity contribution < 1.29 is 4.42 Å². The third kappa shape index (κ3) is 3.54. The van der Waals surface area contributed by atoms with Gasteiger partial charge in [0.25, 0.3) is 5.56 Å². The van der Waals surface area contributed by atoms with E-state index in [1.807, 2.05) is 13.0 Å². The molecular weight excluding hydrogens is 354 g/mol. The smallest absolute Gasteiger partial charge is 0.261 e. The fraction of sp³-hybridized carbons (Fsp3) is 0.476. The molecule has 1 saturated carbocycles. The second-order valence-corrected chi connectivity index (χ2v) is 7.97. The molecule has 7 heteroatoms. The second-order valence-electron chi connectivity index (χ2n) is 7.97. The minimum atomic E-state index is 0.0798. The van der Waals surface area contributed by atoms with E-state index in [-0.39, 0.29) is 5.56 Å². The number of hydrogen-bond acceptors (Lipinski definition) is 6. The first-order valence-electron chi connectivity index (χ1n) is 10.0. The predicted octanol–water partition coefficient (Wildman–Crippen LogP) is 2.43. The molecule has 1 saturated heterocycles. The van der Waals surface area contributed by atoms with Gasteiger partial charge >= 0.3 is 0 Å². The van der Waals surface area contributed by atoms with Crippen LogP contribution in [0.4, 0.5) is 5.69 Å². The lowest BCUT2D eigenvalue weighted by Crippen LogP contribution is -2.46. The van der Waals surface area contributed by atoms with Gasteiger partial charge in [0.1, 0.15) is 6.26 Å². The second kappa shape index (κ2) is 7.05. The zero-order chi connectivity index (χ0) is 19.1. The van der Waals surface area contributed by atoms with Gasteiger partial charge in [0, 0.05) is 51.9 Å². The predicted molar refractivity (Wildman–Crippen MR) is 107 cm³/mol. The number of aryl methyl sites for hydroxylation is 1. The summed E-state index contributed by atoms with van der Waals surface area (Å²) in [5.74, 6) is 1.38. The summed E-state index contributed by atoms with van der Waals surface area (Å²) < 4.78 is 7.07. The van der Waals surface area contributed by atoms with Crippen LogP contribution >= 0.6 is 0 Å². The maximum atomic E-state index is 12.7. The Morgan fingerprint density at radius 1 is 1.18 bits per heavy atom. The van der Waals surface area contributed by atoms with Crippen molar-refractivity contribution in [3.8, 4) is 0 Å². The highest BCUT2D eigenvalue weighted by molar-refractivity contribution is 5.81. The Morgan fingerprint density at radius 3 is 2.71 bits per heavy atom. The van der Waals surface area contributed by atoms with Crippen molar-refractivity contribution in [1.82, 2.24) is 19.4 Å². The highest BCUT2D eigenvalue weighted by Gasteiger charge is 2.23. The molecule has 3 heterocycles. The van der Waals surface area contributed by atoms with Crippen molar-refractivity contribution in [1.29, 1.82) is 0 Å². The van der Waals surface area contributed by atoms with Gasteiger partial charge in [0.2, 0.25) is 0 Å². The lowest BCUT2D eigenvalue weighted by Gasteiger charge is -2.35. The van der Waals surface area contributed by atoms with Crippen LogP contribution in [0.1, 0.15) is 24.4 Å². The number of aromatic nitrogens is 3. The molecule has 0 bridgehead atoms. The third-order valence-electron chi connectivity index (χ3n) is 5.75. The van der Waals surface area contributed by atoms with E-state index in [0.29, 0.717) is 17.2 Å². The molecule has 3 aromatic rings. The molecule has 0 amide bonds. The van der Waals surface area contributed by atoms with Gasteiger partial charge in [-0.15, -0.1) is 0 Å². The van der Waals surface area contributed by atoms with E-state index < -0.39 is 0 Å². The Labute approximate surface area is 163 Å². The minimum Gasteiger partial charge on any atom is -0.449 e. The third-order valence-corrected chi connectivity index (χ3v) is 5.75. The molecule has 1 aliphatic heterocycles. The standard InChI is InChI=1S/C21H25N5O2/c1-15-23-17(13-28-15)12-24-6-8-25(9-7-24)18-4-5-19-20(10-18)22-14-26(21(19)27)11-16-2-3-16/h4-5,10,13-14,16H,2-3,6-9,11-12H2,1H3. The molecule has 1 aliphatic carbocycles. The Morgan fingerprint density at radius 2 is 2.00 bits per heavy atom. The zero-order valence-corrected chi connectivity index (χ0v) is 16.2. The average Bonchev–Trinajstić information content (AvgIpc) is 3.44. The van der Waals surface area contributed by atoms with Crippen LogP contribution in [0.2, 0.25) is 0 Å². The quantitative estimate of drug-likeness (QED) is 0.678. The van der Waals surface area contributed by atoms with Crippen molar-refractivity contribution >= 4 is 16.6 Å². The first-order chi connectivity index (χ1) is 13.7. The number of anilines is 1. The topological polar surface area (TPSA) is 67.4 Å². The highest BCUT2D eigenvalue weighted by Crippen LogP contribution is 2.30. The van der Waals surface area contributed by atoms with E-state index in [1.165, 1.54) is 12.8 Å². The fourth-order valence-corrected chi connectivity index (χ4v) is 3.93. The lowest BCUT2D eigenvalue weighted by atomic mass is 10.2. The number of benzene rings is 1. The van der Waals surface area contributed by atoms with Crippen LogP contribution in [-0.2, 0) is 13.1 Å². The van der Waals surface area contributed by atoms with Crippen LogP contribution in [0.3, 0.4) is 0 Å². The first kappa shape index (κ1) is 17.4. The molecular formula is C21H25N5O2. The molecule has 0 spiro atoms. The number of nitrogens with zero attached hydrogens (tertiary/aromatic N) is 5. The monoisotopic (exact) mass is 379 g/mol. The van der Waals surface area contributed by atoms with Crippen LogP contribution in [0, 0.1) is 12.8 Å². The van der Waals surface area contributed by atoms with E-state index in [4.69, 9.17) is 4.42 Å². The van der Waals surface area contributed by atoms with Gasteiger partial charge in [-0.2, -0.15) is 0 Å². The van der Waals surface area contributed by atoms with Gasteiger partial charge < -0.3 is 9.32 Å². The summed E-state index contributed by atoms with van der Waals surface area (Å²) in [6, 6.07) is 6.05. The van der Waals surface area contributed by atoms with Crippen LogP contribution < -0.4 is 10.5 Å². The summed E-state index contributed by atoms with van der Waals surface area (Å²) in [6.07, 6.45) is 5.91. The fourth-order valence-electron chi connectivity index (χ4n) is 3.93. The van der Waals surface area contributed by atoms with Crippen molar-refractivity contribution in [2.24, 2.45) is 5.92 Å². The molecule has 0 radical (unpaired) electrons. The molecule has 1 aromatic carbocycles. The summed E-state index contributed by atoms with van der Waals surface area (Å²) >= 11 is 0. The normalized spacial score (nSPS) is 18.1. The molecule has 7 nitrogen and oxygen atoms in total. The SMILES string of the molecule is Cc1nc(CN2CCN(c3ccc4c(=O)n(CC5CC5)cnc4c3)CC2)co1. The van der Waals surface area contributed by atoms with Crippen LogP contribution in [0.25, 0.3) is 10.9 Å². The van der Waals surface area contributed by atoms with Gasteiger partial charge in [-0.1, -0.05) is 0 Å². The zero-order valence-electron chi connectivity index (χ0n) is 16.2. The summed E-state index contributed by atoms with van der Waals surface area (Å²) in [5, 5.41) is 0.715. The van der Waals surface area contributed by atoms with Gasteiger partial charge in [0.15, 0.2) is 5.89 Å². The van der Waals surface area contributed by atoms with Crippen molar-refractivity contribution in [2.45, 2.75) is 32.9 Å². The van der Waals surface area contributed by atoms with Gasteiger partial charge in [0.05, 0.1) is 22.9 Å². The molecule has 146 valence electrons. The number of hydrogen-bond donors (Lipinski definition) is 0. The molecule has 5 rings (SSSR count). The molecule has 0 N–H and O–H groups in total. The summed E-state index contributed by atoms with van der Waals surface area (Å²) in [6.45, 7) is 7.33. The van der Waals surface area contributed by atoms with E-state index >= 15 is 0 Å². The van der Waals surface area contributed by atoms with Crippen LogP contribution in [0.5, 0.6) is 0 Å². The average molecular weight is 379 g/mol. The van der Waals surface area contributed by atoms with Gasteiger partial charge in [-0.25, -0.2) is 9.97 Å². The van der Waals surface area contributed by atoms with Gasteiger partial charge in [-0.05, 0) is 37.0 Å². The lowest BCUT2D eigenvalue weighted by molar-refractivity contribution is 0.247. The number of oxazole rings is 1. The molecule has 2 fully saturated rings. The van der Waals surface area contributed by atoms with Crippen LogP contribution in [-0.4, -0.2) is 45.6 Å². The van der Waals surface area contributed by atoms with Crippen molar-refractivity contribution in [3.63, 3.8) is 0 Å². The minimum absolute atomic E-state index is 0.0798. The number of rotatable bonds is 5. The summed E-state index contributed by atoms with van der Waals surface area (Å²) in [4.78, 5) is 26.4. The molecule has 0 unspecified atom stereocenters. The van der Waals surface area contributed by atoms with Crippen molar-refractivity contribution in [2.75, 3.05) is 31.1 Å².